The van der Waals surface area contributed by atoms with E-state index in [0.29, 0.717) is 6.42 Å². The zero-order valence-corrected chi connectivity index (χ0v) is 22.2. The lowest BCUT2D eigenvalue weighted by molar-refractivity contribution is -0.158. The number of aliphatic hydroxyl groups excluding tert-OH is 2. The molecule has 0 aliphatic rings. The maximum Gasteiger partial charge on any atom is 0.323 e. The van der Waals surface area contributed by atoms with Crippen molar-refractivity contribution < 1.29 is 65.6 Å². The van der Waals surface area contributed by atoms with Gasteiger partial charge in [0.2, 0.25) is 34.8 Å². The molecule has 0 aliphatic carbocycles. The van der Waals surface area contributed by atoms with E-state index in [0.717, 1.165) is 13.8 Å². The third kappa shape index (κ3) is 11.6. The molecule has 39 heavy (non-hydrogen) atoms. The Morgan fingerprint density at radius 3 is 1.36 bits per heavy atom. The normalized spacial score (nSPS) is 13.0. The molecule has 0 amide bonds. The van der Waals surface area contributed by atoms with Crippen molar-refractivity contribution in [2.75, 3.05) is 26.4 Å². The first-order valence-electron chi connectivity index (χ1n) is 11.3. The van der Waals surface area contributed by atoms with Crippen LogP contribution < -0.4 is 4.74 Å². The smallest absolute Gasteiger partial charge is 0.323 e. The lowest BCUT2D eigenvalue weighted by Crippen LogP contribution is -2.40. The number of esters is 3. The molecule has 9 nitrogen and oxygen atoms in total. The summed E-state index contributed by atoms with van der Waals surface area (Å²) in [7, 11) is 0. The van der Waals surface area contributed by atoms with Crippen LogP contribution in [0.15, 0.2) is 0 Å². The standard InChI is InChI=1S/C13H11F5O5.C9H16O4.C2H6.CH4/c1-5(20)22-4-13(2,3-19)12(21)23-11-9(17)7(15)6(14)8(16)10(11)18;1-4-8(12)9(3,5-10)6-13-7(2)11;1-2;/h19H,3-4H2,1-2H3;10H,4-6H2,1-3H3;1-2H3;1H4. The summed E-state index contributed by atoms with van der Waals surface area (Å²) in [6, 6.07) is 0. The van der Waals surface area contributed by atoms with Crippen LogP contribution in [0.4, 0.5) is 22.0 Å². The summed E-state index contributed by atoms with van der Waals surface area (Å²) < 4.78 is 79.1. The summed E-state index contributed by atoms with van der Waals surface area (Å²) in [6.45, 7) is 8.51. The lowest BCUT2D eigenvalue weighted by atomic mass is 9.86. The number of Topliss-reactive ketones (excluding diaryl/α,β-unsaturated/α-hetero) is 1. The number of benzene rings is 1. The average Bonchev–Trinajstić information content (AvgIpc) is 2.91. The zero-order valence-electron chi connectivity index (χ0n) is 22.2. The van der Waals surface area contributed by atoms with Crippen LogP contribution in [-0.2, 0) is 28.7 Å². The summed E-state index contributed by atoms with van der Waals surface area (Å²) in [5, 5.41) is 18.1. The minimum Gasteiger partial charge on any atom is -0.465 e. The second kappa shape index (κ2) is 18.2. The van der Waals surface area contributed by atoms with Gasteiger partial charge in [-0.3, -0.25) is 19.2 Å². The van der Waals surface area contributed by atoms with Crippen molar-refractivity contribution in [3.05, 3.63) is 29.1 Å². The molecule has 0 spiro atoms. The van der Waals surface area contributed by atoms with E-state index in [1.54, 1.807) is 13.8 Å². The van der Waals surface area contributed by atoms with Gasteiger partial charge in [0.1, 0.15) is 24.4 Å². The molecule has 2 N–H and O–H groups in total. The molecule has 0 fully saturated rings. The number of hydrogen-bond donors (Lipinski definition) is 2. The third-order valence-corrected chi connectivity index (χ3v) is 4.74. The fourth-order valence-corrected chi connectivity index (χ4v) is 2.22. The van der Waals surface area contributed by atoms with Crippen molar-refractivity contribution >= 4 is 23.7 Å². The molecule has 2 unspecified atom stereocenters. The van der Waals surface area contributed by atoms with Crippen LogP contribution in [0.1, 0.15) is 62.3 Å². The minimum atomic E-state index is -2.41. The van der Waals surface area contributed by atoms with Gasteiger partial charge in [-0.05, 0) is 13.8 Å². The molecular formula is C25H37F5O9. The van der Waals surface area contributed by atoms with Crippen LogP contribution in [-0.4, -0.2) is 60.3 Å². The highest BCUT2D eigenvalue weighted by atomic mass is 19.2. The van der Waals surface area contributed by atoms with E-state index in [1.165, 1.54) is 6.92 Å². The fourth-order valence-electron chi connectivity index (χ4n) is 2.22. The SMILES string of the molecule is C.CC.CC(=O)OCC(C)(CO)C(=O)Oc1c(F)c(F)c(F)c(F)c1F.CCC(=O)C(C)(CO)COC(C)=O. The molecule has 0 aliphatic heterocycles. The Balaban J connectivity index is -0.000000693. The predicted octanol–water partition coefficient (Wildman–Crippen LogP) is 4.04. The molecular weight excluding hydrogens is 539 g/mol. The largest absolute Gasteiger partial charge is 0.465 e. The molecule has 2 atom stereocenters. The van der Waals surface area contributed by atoms with Crippen molar-refractivity contribution in [3.63, 3.8) is 0 Å². The number of carbonyl (C=O) groups excluding carboxylic acids is 4. The van der Waals surface area contributed by atoms with E-state index in [1.807, 2.05) is 13.8 Å². The lowest BCUT2D eigenvalue weighted by Gasteiger charge is -2.24. The minimum absolute atomic E-state index is 0. The first-order valence-corrected chi connectivity index (χ1v) is 11.3. The Kier molecular flexibility index (Phi) is 18.8. The van der Waals surface area contributed by atoms with Crippen LogP contribution in [0.25, 0.3) is 0 Å². The van der Waals surface area contributed by atoms with E-state index in [4.69, 9.17) is 14.9 Å². The van der Waals surface area contributed by atoms with Crippen molar-refractivity contribution in [1.29, 1.82) is 0 Å². The fraction of sp³-hybridized carbons (Fsp3) is 0.600. The van der Waals surface area contributed by atoms with Crippen LogP contribution in [0.5, 0.6) is 5.75 Å². The molecule has 1 aromatic carbocycles. The highest BCUT2D eigenvalue weighted by Gasteiger charge is 2.39. The second-order valence-corrected chi connectivity index (χ2v) is 8.06. The van der Waals surface area contributed by atoms with Gasteiger partial charge in [-0.2, -0.15) is 8.78 Å². The number of hydrogen-bond acceptors (Lipinski definition) is 9. The Hall–Kier alpha value is -3.13. The molecule has 0 saturated carbocycles. The summed E-state index contributed by atoms with van der Waals surface area (Å²) in [5.74, 6) is -16.4. The van der Waals surface area contributed by atoms with Gasteiger partial charge in [0.05, 0.1) is 18.6 Å². The Morgan fingerprint density at radius 1 is 0.718 bits per heavy atom. The van der Waals surface area contributed by atoms with Gasteiger partial charge >= 0.3 is 17.9 Å². The molecule has 0 heterocycles. The molecule has 0 aromatic heterocycles. The van der Waals surface area contributed by atoms with Crippen LogP contribution in [0.2, 0.25) is 0 Å². The maximum atomic E-state index is 13.4. The number of rotatable bonds is 10. The Bertz CT molecular complexity index is 958. The maximum absolute atomic E-state index is 13.4. The topological polar surface area (TPSA) is 136 Å². The highest BCUT2D eigenvalue weighted by Crippen LogP contribution is 2.31. The first kappa shape index (κ1) is 40.4. The first-order chi connectivity index (χ1) is 17.5. The van der Waals surface area contributed by atoms with Crippen molar-refractivity contribution in [2.45, 2.75) is 62.3 Å². The van der Waals surface area contributed by atoms with Gasteiger partial charge in [0, 0.05) is 20.3 Å². The summed E-state index contributed by atoms with van der Waals surface area (Å²) in [5.41, 5.74) is -2.91. The number of ketones is 1. The molecule has 0 saturated heterocycles. The van der Waals surface area contributed by atoms with E-state index >= 15 is 0 Å². The van der Waals surface area contributed by atoms with Crippen LogP contribution in [0, 0.1) is 39.9 Å². The third-order valence-electron chi connectivity index (χ3n) is 4.74. The summed E-state index contributed by atoms with van der Waals surface area (Å²) in [4.78, 5) is 44.4. The second-order valence-electron chi connectivity index (χ2n) is 8.06. The molecule has 14 heteroatoms. The number of halogens is 5. The molecule has 226 valence electrons. The van der Waals surface area contributed by atoms with E-state index in [-0.39, 0.29) is 26.4 Å². The van der Waals surface area contributed by atoms with Gasteiger partial charge in [-0.25, -0.2) is 13.2 Å². The van der Waals surface area contributed by atoms with Gasteiger partial charge in [0.25, 0.3) is 0 Å². The monoisotopic (exact) mass is 576 g/mol. The molecule has 1 aromatic rings. The van der Waals surface area contributed by atoms with E-state index < -0.39 is 76.8 Å². The number of carbonyl (C=O) groups is 4. The summed E-state index contributed by atoms with van der Waals surface area (Å²) in [6.07, 6.45) is 0.332. The average molecular weight is 577 g/mol. The Morgan fingerprint density at radius 2 is 1.05 bits per heavy atom. The van der Waals surface area contributed by atoms with Gasteiger partial charge in [0.15, 0.2) is 0 Å². The quantitative estimate of drug-likeness (QED) is 0.139. The van der Waals surface area contributed by atoms with Crippen molar-refractivity contribution in [1.82, 2.24) is 0 Å². The number of ether oxygens (including phenoxy) is 3. The number of aliphatic hydroxyl groups is 2. The predicted molar refractivity (Wildman–Crippen MR) is 129 cm³/mol. The van der Waals surface area contributed by atoms with Crippen molar-refractivity contribution in [3.8, 4) is 5.75 Å². The van der Waals surface area contributed by atoms with E-state index in [2.05, 4.69) is 9.47 Å². The Labute approximate surface area is 224 Å². The molecule has 1 rings (SSSR count). The molecule has 0 bridgehead atoms. The zero-order chi connectivity index (χ0) is 30.4. The van der Waals surface area contributed by atoms with Crippen molar-refractivity contribution in [2.24, 2.45) is 10.8 Å². The van der Waals surface area contributed by atoms with E-state index in [9.17, 15) is 41.1 Å². The highest BCUT2D eigenvalue weighted by molar-refractivity contribution is 5.84. The van der Waals surface area contributed by atoms with Gasteiger partial charge < -0.3 is 24.4 Å². The van der Waals surface area contributed by atoms with Crippen LogP contribution in [0.3, 0.4) is 0 Å². The van der Waals surface area contributed by atoms with Gasteiger partial charge in [-0.15, -0.1) is 0 Å². The van der Waals surface area contributed by atoms with Gasteiger partial charge in [-0.1, -0.05) is 28.2 Å². The molecule has 0 radical (unpaired) electrons. The summed E-state index contributed by atoms with van der Waals surface area (Å²) >= 11 is 0. The van der Waals surface area contributed by atoms with Crippen LogP contribution >= 0.6 is 0 Å².